The Labute approximate surface area is 293 Å². The number of anilines is 1. The Morgan fingerprint density at radius 3 is 2.63 bits per heavy atom. The molecule has 10 nitrogen and oxygen atoms in total. The number of aromatic hydroxyl groups is 1. The number of ether oxygens (including phenoxy) is 2. The summed E-state index contributed by atoms with van der Waals surface area (Å²) in [5.74, 6) is 1.07. The van der Waals surface area contributed by atoms with Crippen LogP contribution in [0, 0.1) is 24.0 Å². The number of benzene rings is 2. The summed E-state index contributed by atoms with van der Waals surface area (Å²) in [5, 5.41) is 11.5. The van der Waals surface area contributed by atoms with Crippen molar-refractivity contribution in [2.45, 2.75) is 82.3 Å². The van der Waals surface area contributed by atoms with Gasteiger partial charge >= 0.3 is 12.1 Å². The number of alkyl halides is 1. The highest BCUT2D eigenvalue weighted by Crippen LogP contribution is 2.43. The first-order chi connectivity index (χ1) is 24.3. The second kappa shape index (κ2) is 12.1. The SMILES string of the molecule is C#Cc1c(F)ccc2cc(O)cc(-c3ncc4c(N5CC6CCC(C5)N6C(=O)OC(C)(C)C)nc(OC[C@@]56CCCN5C[C@H](F)C6)nc4c3F)c12. The summed E-state index contributed by atoms with van der Waals surface area (Å²) in [6, 6.07) is 4.99. The lowest BCUT2D eigenvalue weighted by molar-refractivity contribution is 0.0122. The number of amides is 1. The van der Waals surface area contributed by atoms with E-state index in [1.165, 1.54) is 30.5 Å². The summed E-state index contributed by atoms with van der Waals surface area (Å²) >= 11 is 0. The van der Waals surface area contributed by atoms with Crippen LogP contribution in [0.1, 0.15) is 58.4 Å². The Hall–Kier alpha value is -4.83. The molecule has 6 heterocycles. The van der Waals surface area contributed by atoms with Crippen LogP contribution < -0.4 is 9.64 Å². The monoisotopic (exact) mass is 700 g/mol. The molecule has 1 amide bonds. The van der Waals surface area contributed by atoms with Crippen molar-refractivity contribution in [3.8, 4) is 35.4 Å². The van der Waals surface area contributed by atoms with Gasteiger partial charge in [-0.2, -0.15) is 9.97 Å². The van der Waals surface area contributed by atoms with E-state index in [4.69, 9.17) is 20.9 Å². The van der Waals surface area contributed by atoms with E-state index in [2.05, 4.69) is 20.8 Å². The lowest BCUT2D eigenvalue weighted by Gasteiger charge is -2.42. The Morgan fingerprint density at radius 2 is 1.90 bits per heavy atom. The highest BCUT2D eigenvalue weighted by atomic mass is 19.1. The molecule has 13 heteroatoms. The van der Waals surface area contributed by atoms with Crippen LogP contribution in [0.25, 0.3) is 32.9 Å². The van der Waals surface area contributed by atoms with Crippen molar-refractivity contribution in [1.82, 2.24) is 24.8 Å². The topological polar surface area (TPSA) is 104 Å². The molecule has 2 bridgehead atoms. The molecule has 1 N–H and O–H groups in total. The number of fused-ring (bicyclic) bond motifs is 5. The summed E-state index contributed by atoms with van der Waals surface area (Å²) in [6.45, 7) is 7.58. The molecule has 4 atom stereocenters. The van der Waals surface area contributed by atoms with E-state index in [0.717, 1.165) is 32.2 Å². The number of hydrogen-bond acceptors (Lipinski definition) is 9. The summed E-state index contributed by atoms with van der Waals surface area (Å²) < 4.78 is 58.5. The number of phenols is 1. The van der Waals surface area contributed by atoms with Crippen LogP contribution in [0.15, 0.2) is 30.5 Å². The lowest BCUT2D eigenvalue weighted by atomic mass is 9.95. The number of terminal acetylenes is 1. The quantitative estimate of drug-likeness (QED) is 0.239. The molecule has 2 aromatic carbocycles. The van der Waals surface area contributed by atoms with E-state index >= 15 is 4.39 Å². The van der Waals surface area contributed by atoms with Gasteiger partial charge in [0.25, 0.3) is 0 Å². The Balaban J connectivity index is 1.23. The van der Waals surface area contributed by atoms with Gasteiger partial charge in [0.15, 0.2) is 5.82 Å². The predicted octanol–water partition coefficient (Wildman–Crippen LogP) is 6.35. The normalized spacial score (nSPS) is 24.7. The minimum Gasteiger partial charge on any atom is -0.508 e. The lowest BCUT2D eigenvalue weighted by Crippen LogP contribution is -2.57. The van der Waals surface area contributed by atoms with Crippen molar-refractivity contribution in [3.63, 3.8) is 0 Å². The van der Waals surface area contributed by atoms with Crippen LogP contribution in [0.3, 0.4) is 0 Å². The third-order valence-electron chi connectivity index (χ3n) is 10.7. The van der Waals surface area contributed by atoms with Crippen LogP contribution in [-0.2, 0) is 4.74 Å². The smallest absolute Gasteiger partial charge is 0.410 e. The van der Waals surface area contributed by atoms with Gasteiger partial charge < -0.3 is 19.5 Å². The van der Waals surface area contributed by atoms with Gasteiger partial charge in [0, 0.05) is 43.2 Å². The predicted molar refractivity (Wildman–Crippen MR) is 185 cm³/mol. The van der Waals surface area contributed by atoms with Crippen LogP contribution in [0.2, 0.25) is 0 Å². The van der Waals surface area contributed by atoms with E-state index in [-0.39, 0.29) is 64.3 Å². The van der Waals surface area contributed by atoms with Gasteiger partial charge in [0.2, 0.25) is 0 Å². The molecule has 266 valence electrons. The largest absolute Gasteiger partial charge is 0.508 e. The second-order valence-electron chi connectivity index (χ2n) is 15.2. The molecule has 0 saturated carbocycles. The van der Waals surface area contributed by atoms with Crippen molar-refractivity contribution in [2.75, 3.05) is 37.7 Å². The number of nitrogens with zero attached hydrogens (tertiary/aromatic N) is 6. The fourth-order valence-electron chi connectivity index (χ4n) is 8.60. The fourth-order valence-corrected chi connectivity index (χ4v) is 8.60. The zero-order valence-corrected chi connectivity index (χ0v) is 28.8. The average molecular weight is 701 g/mol. The molecule has 2 unspecified atom stereocenters. The molecule has 8 rings (SSSR count). The number of carbonyl (C=O) groups is 1. The maximum Gasteiger partial charge on any atom is 0.410 e. The molecule has 4 aromatic rings. The van der Waals surface area contributed by atoms with E-state index in [9.17, 15) is 18.7 Å². The summed E-state index contributed by atoms with van der Waals surface area (Å²) in [7, 11) is 0. The van der Waals surface area contributed by atoms with E-state index in [0.29, 0.717) is 42.6 Å². The molecule has 4 aliphatic rings. The van der Waals surface area contributed by atoms with Crippen LogP contribution in [0.5, 0.6) is 11.8 Å². The first-order valence-electron chi connectivity index (χ1n) is 17.4. The molecule has 4 fully saturated rings. The van der Waals surface area contributed by atoms with Crippen LogP contribution >= 0.6 is 0 Å². The molecule has 4 saturated heterocycles. The van der Waals surface area contributed by atoms with Gasteiger partial charge in [-0.1, -0.05) is 12.0 Å². The van der Waals surface area contributed by atoms with E-state index in [1.54, 1.807) is 4.90 Å². The molecule has 4 aliphatic heterocycles. The van der Waals surface area contributed by atoms with Gasteiger partial charge in [-0.3, -0.25) is 14.8 Å². The number of piperazine rings is 1. The van der Waals surface area contributed by atoms with E-state index < -0.39 is 28.9 Å². The minimum atomic E-state index is -0.959. The van der Waals surface area contributed by atoms with Crippen molar-refractivity contribution in [3.05, 3.63) is 47.7 Å². The maximum atomic E-state index is 17.0. The van der Waals surface area contributed by atoms with Crippen molar-refractivity contribution in [1.29, 1.82) is 0 Å². The molecule has 0 spiro atoms. The number of halogens is 3. The summed E-state index contributed by atoms with van der Waals surface area (Å²) in [6.07, 6.45) is 9.40. The molecule has 51 heavy (non-hydrogen) atoms. The summed E-state index contributed by atoms with van der Waals surface area (Å²) in [4.78, 5) is 33.0. The Kier molecular flexibility index (Phi) is 7.94. The van der Waals surface area contributed by atoms with Gasteiger partial charge in [-0.25, -0.2) is 18.0 Å². The van der Waals surface area contributed by atoms with Gasteiger partial charge in [-0.05, 0) is 76.6 Å². The number of phenolic OH excluding ortho intramolecular Hbond substituents is 1. The number of hydrogen-bond donors (Lipinski definition) is 1. The molecular formula is C38H39F3N6O4. The molecule has 0 aliphatic carbocycles. The Bertz CT molecular complexity index is 2100. The molecule has 0 radical (unpaired) electrons. The molecular weight excluding hydrogens is 661 g/mol. The zero-order chi connectivity index (χ0) is 35.8. The minimum absolute atomic E-state index is 0.0740. The van der Waals surface area contributed by atoms with Crippen LogP contribution in [0.4, 0.5) is 23.8 Å². The van der Waals surface area contributed by atoms with Crippen LogP contribution in [-0.4, -0.2) is 98.1 Å². The number of carbonyl (C=O) groups excluding carboxylic acids is 1. The third-order valence-corrected chi connectivity index (χ3v) is 10.7. The zero-order valence-electron chi connectivity index (χ0n) is 28.8. The highest BCUT2D eigenvalue weighted by Gasteiger charge is 2.50. The van der Waals surface area contributed by atoms with Gasteiger partial charge in [-0.15, -0.1) is 6.42 Å². The van der Waals surface area contributed by atoms with E-state index in [1.807, 2.05) is 25.7 Å². The molecule has 2 aromatic heterocycles. The second-order valence-corrected chi connectivity index (χ2v) is 15.2. The standard InChI is InChI=1S/C38H39F3N6O4/c1-5-26-29(40)10-7-21-13-25(48)14-27(30(21)26)32-31(41)33-28(16-42-32)34(44-35(43-33)50-20-38-11-6-12-46(38)17-22(39)15-38)45-18-23-8-9-24(19-45)47(23)36(49)51-37(2,3)4/h1,7,10,13-14,16,22-24,48H,6,8-9,11-12,15,17-20H2,2-4H3/t22-,23?,24?,38+/m1/s1. The number of aromatic nitrogens is 3. The maximum absolute atomic E-state index is 17.0. The number of pyridine rings is 1. The van der Waals surface area contributed by atoms with Gasteiger partial charge in [0.1, 0.15) is 47.0 Å². The Morgan fingerprint density at radius 1 is 1.14 bits per heavy atom. The fraction of sp³-hybridized carbons (Fsp3) is 0.474. The average Bonchev–Trinajstić information content (AvgIpc) is 3.69. The first kappa shape index (κ1) is 33.3. The number of rotatable bonds is 5. The van der Waals surface area contributed by atoms with Gasteiger partial charge in [0.05, 0.1) is 28.6 Å². The first-order valence-corrected chi connectivity index (χ1v) is 17.4. The summed E-state index contributed by atoms with van der Waals surface area (Å²) in [5.41, 5.74) is -1.40. The third kappa shape index (κ3) is 5.73. The van der Waals surface area contributed by atoms with Crippen molar-refractivity contribution in [2.24, 2.45) is 0 Å². The van der Waals surface area contributed by atoms with Crippen molar-refractivity contribution < 1.29 is 32.5 Å². The highest BCUT2D eigenvalue weighted by molar-refractivity contribution is 6.03. The van der Waals surface area contributed by atoms with Crippen molar-refractivity contribution >= 4 is 33.6 Å².